The Kier molecular flexibility index (Phi) is 4.30. The lowest BCUT2D eigenvalue weighted by atomic mass is 10.1. The molecule has 1 heterocycles. The first-order valence-corrected chi connectivity index (χ1v) is 6.56. The zero-order chi connectivity index (χ0) is 13.0. The number of carbonyl (C=O) groups is 1. The second-order valence-electron chi connectivity index (χ2n) is 4.98. The van der Waals surface area contributed by atoms with Gasteiger partial charge in [0.25, 0.3) is 0 Å². The van der Waals surface area contributed by atoms with Crippen molar-refractivity contribution in [3.8, 4) is 0 Å². The van der Waals surface area contributed by atoms with E-state index in [9.17, 15) is 4.79 Å². The van der Waals surface area contributed by atoms with Crippen LogP contribution in [0.1, 0.15) is 50.3 Å². The van der Waals surface area contributed by atoms with Crippen LogP contribution >= 0.6 is 0 Å². The molecule has 0 aromatic carbocycles. The van der Waals surface area contributed by atoms with Gasteiger partial charge in [0.1, 0.15) is 6.04 Å². The molecule has 1 unspecified atom stereocenters. The van der Waals surface area contributed by atoms with Crippen LogP contribution in [0.3, 0.4) is 0 Å². The van der Waals surface area contributed by atoms with Crippen molar-refractivity contribution in [2.24, 2.45) is 5.73 Å². The summed E-state index contributed by atoms with van der Waals surface area (Å²) in [5.74, 6) is -1.00. The fraction of sp³-hybridized carbons (Fsp3) is 0.750. The summed E-state index contributed by atoms with van der Waals surface area (Å²) in [4.78, 5) is 10.7. The Morgan fingerprint density at radius 2 is 2.11 bits per heavy atom. The van der Waals surface area contributed by atoms with Gasteiger partial charge >= 0.3 is 5.97 Å². The predicted octanol–water partition coefficient (Wildman–Crippen LogP) is 1.13. The lowest BCUT2D eigenvalue weighted by molar-refractivity contribution is -0.138. The van der Waals surface area contributed by atoms with Crippen LogP contribution in [0.5, 0.6) is 0 Å². The molecule has 0 saturated heterocycles. The van der Waals surface area contributed by atoms with Crippen LogP contribution in [-0.2, 0) is 11.2 Å². The molecular weight excluding hydrogens is 232 g/mol. The monoisotopic (exact) mass is 252 g/mol. The summed E-state index contributed by atoms with van der Waals surface area (Å²) < 4.78 is 1.88. The first-order chi connectivity index (χ1) is 8.66. The zero-order valence-corrected chi connectivity index (χ0v) is 10.5. The molecule has 1 fully saturated rings. The molecule has 6 nitrogen and oxygen atoms in total. The van der Waals surface area contributed by atoms with Gasteiger partial charge in [-0.3, -0.25) is 4.79 Å². The average Bonchev–Trinajstić information content (AvgIpc) is 2.63. The van der Waals surface area contributed by atoms with E-state index in [2.05, 4.69) is 10.3 Å². The molecule has 18 heavy (non-hydrogen) atoms. The van der Waals surface area contributed by atoms with E-state index in [4.69, 9.17) is 10.8 Å². The first-order valence-electron chi connectivity index (χ1n) is 6.56. The third-order valence-electron chi connectivity index (χ3n) is 3.50. The molecule has 1 aliphatic rings. The summed E-state index contributed by atoms with van der Waals surface area (Å²) >= 11 is 0. The molecule has 0 radical (unpaired) electrons. The summed E-state index contributed by atoms with van der Waals surface area (Å²) in [5, 5.41) is 16.9. The summed E-state index contributed by atoms with van der Waals surface area (Å²) in [6, 6.07) is -0.487. The molecule has 2 rings (SSSR count). The van der Waals surface area contributed by atoms with E-state index < -0.39 is 12.0 Å². The molecule has 1 saturated carbocycles. The number of hydrogen-bond acceptors (Lipinski definition) is 4. The molecule has 6 heteroatoms. The number of carboxylic acid groups (broad SMARTS) is 1. The standard InChI is InChI=1S/C12H20N4O2/c13-11(12(17)18)7-9-8-16(15-14-9)10-5-3-1-2-4-6-10/h8,10-11H,1-7,13H2,(H,17,18). The highest BCUT2D eigenvalue weighted by Crippen LogP contribution is 2.26. The summed E-state index contributed by atoms with van der Waals surface area (Å²) in [6.45, 7) is 0. The van der Waals surface area contributed by atoms with Crippen molar-refractivity contribution >= 4 is 5.97 Å². The summed E-state index contributed by atoms with van der Waals surface area (Å²) in [5.41, 5.74) is 6.15. The number of rotatable bonds is 4. The van der Waals surface area contributed by atoms with Crippen molar-refractivity contribution in [3.05, 3.63) is 11.9 Å². The molecule has 0 spiro atoms. The van der Waals surface area contributed by atoms with Gasteiger partial charge in [-0.2, -0.15) is 0 Å². The van der Waals surface area contributed by atoms with E-state index in [-0.39, 0.29) is 6.42 Å². The Balaban J connectivity index is 1.98. The Morgan fingerprint density at radius 3 is 2.72 bits per heavy atom. The normalized spacial score (nSPS) is 19.4. The minimum atomic E-state index is -1.00. The Bertz CT molecular complexity index is 397. The maximum absolute atomic E-state index is 10.7. The zero-order valence-electron chi connectivity index (χ0n) is 10.5. The maximum Gasteiger partial charge on any atom is 0.320 e. The van der Waals surface area contributed by atoms with Gasteiger partial charge in [-0.1, -0.05) is 30.9 Å². The van der Waals surface area contributed by atoms with E-state index in [0.29, 0.717) is 11.7 Å². The van der Waals surface area contributed by atoms with Crippen molar-refractivity contribution in [2.75, 3.05) is 0 Å². The molecular formula is C12H20N4O2. The molecule has 1 aromatic heterocycles. The van der Waals surface area contributed by atoms with Gasteiger partial charge in [0.15, 0.2) is 0 Å². The van der Waals surface area contributed by atoms with E-state index in [1.54, 1.807) is 0 Å². The van der Waals surface area contributed by atoms with Gasteiger partial charge < -0.3 is 10.8 Å². The Morgan fingerprint density at radius 1 is 1.44 bits per heavy atom. The van der Waals surface area contributed by atoms with Crippen LogP contribution in [0, 0.1) is 0 Å². The highest BCUT2D eigenvalue weighted by molar-refractivity contribution is 5.73. The number of nitrogens with two attached hydrogens (primary N) is 1. The highest BCUT2D eigenvalue weighted by Gasteiger charge is 2.18. The topological polar surface area (TPSA) is 94.0 Å². The minimum Gasteiger partial charge on any atom is -0.480 e. The van der Waals surface area contributed by atoms with Crippen molar-refractivity contribution in [1.82, 2.24) is 15.0 Å². The van der Waals surface area contributed by atoms with Crippen LogP contribution in [-0.4, -0.2) is 32.1 Å². The molecule has 1 atom stereocenters. The van der Waals surface area contributed by atoms with Crippen molar-refractivity contribution in [2.45, 2.75) is 57.0 Å². The second kappa shape index (κ2) is 5.95. The van der Waals surface area contributed by atoms with Gasteiger partial charge in [-0.15, -0.1) is 5.10 Å². The number of nitrogens with zero attached hydrogens (tertiary/aromatic N) is 3. The fourth-order valence-electron chi connectivity index (χ4n) is 2.42. The van der Waals surface area contributed by atoms with E-state index in [0.717, 1.165) is 12.8 Å². The second-order valence-corrected chi connectivity index (χ2v) is 4.98. The highest BCUT2D eigenvalue weighted by atomic mass is 16.4. The predicted molar refractivity (Wildman–Crippen MR) is 66.1 cm³/mol. The summed E-state index contributed by atoms with van der Waals surface area (Å²) in [7, 11) is 0. The number of aliphatic carboxylic acids is 1. The lowest BCUT2D eigenvalue weighted by Crippen LogP contribution is -2.32. The minimum absolute atomic E-state index is 0.238. The number of carboxylic acids is 1. The van der Waals surface area contributed by atoms with Crippen LogP contribution < -0.4 is 5.73 Å². The lowest BCUT2D eigenvalue weighted by Gasteiger charge is -2.13. The largest absolute Gasteiger partial charge is 0.480 e. The molecule has 0 bridgehead atoms. The maximum atomic E-state index is 10.7. The van der Waals surface area contributed by atoms with E-state index >= 15 is 0 Å². The quantitative estimate of drug-likeness (QED) is 0.783. The molecule has 1 aromatic rings. The van der Waals surface area contributed by atoms with Crippen molar-refractivity contribution < 1.29 is 9.90 Å². The van der Waals surface area contributed by atoms with Crippen molar-refractivity contribution in [3.63, 3.8) is 0 Å². The van der Waals surface area contributed by atoms with Gasteiger partial charge in [-0.25, -0.2) is 4.68 Å². The molecule has 1 aliphatic carbocycles. The van der Waals surface area contributed by atoms with Gasteiger partial charge in [0.2, 0.25) is 0 Å². The third-order valence-corrected chi connectivity index (χ3v) is 3.50. The van der Waals surface area contributed by atoms with Gasteiger partial charge in [-0.05, 0) is 12.8 Å². The fourth-order valence-corrected chi connectivity index (χ4v) is 2.42. The van der Waals surface area contributed by atoms with Crippen LogP contribution in [0.15, 0.2) is 6.20 Å². The van der Waals surface area contributed by atoms with Crippen LogP contribution in [0.2, 0.25) is 0 Å². The number of aromatic nitrogens is 3. The number of hydrogen-bond donors (Lipinski definition) is 2. The van der Waals surface area contributed by atoms with E-state index in [1.165, 1.54) is 25.7 Å². The summed E-state index contributed by atoms with van der Waals surface area (Å²) in [6.07, 6.45) is 9.40. The molecule has 0 aliphatic heterocycles. The Labute approximate surface area is 106 Å². The van der Waals surface area contributed by atoms with Gasteiger partial charge in [0.05, 0.1) is 11.7 Å². The van der Waals surface area contributed by atoms with E-state index in [1.807, 2.05) is 10.9 Å². The average molecular weight is 252 g/mol. The SMILES string of the molecule is NC(Cc1cn(C2CCCCCC2)nn1)C(=O)O. The molecule has 0 amide bonds. The third kappa shape index (κ3) is 3.29. The molecule has 100 valence electrons. The Hall–Kier alpha value is -1.43. The van der Waals surface area contributed by atoms with Crippen molar-refractivity contribution in [1.29, 1.82) is 0 Å². The van der Waals surface area contributed by atoms with Gasteiger partial charge in [0, 0.05) is 12.6 Å². The van der Waals surface area contributed by atoms with Crippen LogP contribution in [0.25, 0.3) is 0 Å². The first kappa shape index (κ1) is 13.0. The smallest absolute Gasteiger partial charge is 0.320 e. The van der Waals surface area contributed by atoms with Crippen LogP contribution in [0.4, 0.5) is 0 Å². The molecule has 3 N–H and O–H groups in total.